The molecule has 6 heteroatoms. The number of ether oxygens (including phenoxy) is 2. The first-order valence-electron chi connectivity index (χ1n) is 8.30. The Labute approximate surface area is 142 Å². The molecule has 0 bridgehead atoms. The number of alkyl carbamates (subject to hydrolysis) is 2. The molecular formula is C18H26N2O4. The normalized spacial score (nSPS) is 20.3. The zero-order chi connectivity index (χ0) is 17.6. The van der Waals surface area contributed by atoms with Crippen molar-refractivity contribution in [2.75, 3.05) is 0 Å². The van der Waals surface area contributed by atoms with Gasteiger partial charge in [-0.05, 0) is 45.6 Å². The van der Waals surface area contributed by atoms with Gasteiger partial charge in [-0.1, -0.05) is 30.3 Å². The molecule has 2 amide bonds. The minimum absolute atomic E-state index is 0.135. The molecule has 1 aromatic carbocycles. The van der Waals surface area contributed by atoms with E-state index in [2.05, 4.69) is 10.6 Å². The van der Waals surface area contributed by atoms with Gasteiger partial charge in [0.25, 0.3) is 0 Å². The van der Waals surface area contributed by atoms with Crippen LogP contribution in [-0.4, -0.2) is 29.9 Å². The van der Waals surface area contributed by atoms with Gasteiger partial charge in [-0.2, -0.15) is 0 Å². The quantitative estimate of drug-likeness (QED) is 0.885. The first-order chi connectivity index (χ1) is 11.3. The highest BCUT2D eigenvalue weighted by Crippen LogP contribution is 2.20. The summed E-state index contributed by atoms with van der Waals surface area (Å²) in [7, 11) is 0. The van der Waals surface area contributed by atoms with Crippen molar-refractivity contribution < 1.29 is 19.1 Å². The maximum absolute atomic E-state index is 12.0. The van der Waals surface area contributed by atoms with E-state index in [4.69, 9.17) is 9.47 Å². The molecule has 2 rings (SSSR count). The van der Waals surface area contributed by atoms with Crippen LogP contribution in [0.3, 0.4) is 0 Å². The Bertz CT molecular complexity index is 554. The topological polar surface area (TPSA) is 76.7 Å². The summed E-state index contributed by atoms with van der Waals surface area (Å²) >= 11 is 0. The van der Waals surface area contributed by atoms with E-state index >= 15 is 0 Å². The van der Waals surface area contributed by atoms with Gasteiger partial charge in [0.05, 0.1) is 12.1 Å². The summed E-state index contributed by atoms with van der Waals surface area (Å²) in [5.74, 6) is 0. The van der Waals surface area contributed by atoms with Crippen LogP contribution >= 0.6 is 0 Å². The summed E-state index contributed by atoms with van der Waals surface area (Å²) in [6, 6.07) is 9.23. The van der Waals surface area contributed by atoms with Crippen molar-refractivity contribution in [1.82, 2.24) is 10.6 Å². The molecule has 0 aromatic heterocycles. The number of rotatable bonds is 4. The van der Waals surface area contributed by atoms with Gasteiger partial charge in [0.1, 0.15) is 12.2 Å². The van der Waals surface area contributed by atoms with Crippen molar-refractivity contribution >= 4 is 12.2 Å². The van der Waals surface area contributed by atoms with Gasteiger partial charge in [-0.15, -0.1) is 0 Å². The molecule has 1 aromatic rings. The van der Waals surface area contributed by atoms with Crippen LogP contribution in [0.25, 0.3) is 0 Å². The van der Waals surface area contributed by atoms with Gasteiger partial charge in [0.2, 0.25) is 0 Å². The molecule has 1 aliphatic carbocycles. The molecule has 1 saturated carbocycles. The summed E-state index contributed by atoms with van der Waals surface area (Å²) in [6.07, 6.45) is 1.62. The monoisotopic (exact) mass is 334 g/mol. The van der Waals surface area contributed by atoms with Gasteiger partial charge < -0.3 is 20.1 Å². The van der Waals surface area contributed by atoms with Gasteiger partial charge in [-0.25, -0.2) is 9.59 Å². The number of benzene rings is 1. The third-order valence-electron chi connectivity index (χ3n) is 3.73. The van der Waals surface area contributed by atoms with Crippen LogP contribution in [0, 0.1) is 0 Å². The van der Waals surface area contributed by atoms with Gasteiger partial charge in [0, 0.05) is 0 Å². The highest BCUT2D eigenvalue weighted by atomic mass is 16.6. The van der Waals surface area contributed by atoms with Crippen molar-refractivity contribution in [2.24, 2.45) is 0 Å². The fraction of sp³-hybridized carbons (Fsp3) is 0.556. The molecule has 0 spiro atoms. The lowest BCUT2D eigenvalue weighted by Gasteiger charge is -2.25. The minimum atomic E-state index is -0.541. The lowest BCUT2D eigenvalue weighted by atomic mass is 10.2. The van der Waals surface area contributed by atoms with Gasteiger partial charge in [0.15, 0.2) is 0 Å². The zero-order valence-electron chi connectivity index (χ0n) is 14.5. The molecule has 2 N–H and O–H groups in total. The summed E-state index contributed by atoms with van der Waals surface area (Å²) in [6.45, 7) is 5.68. The number of carbonyl (C=O) groups excluding carboxylic acids is 2. The standard InChI is InChI=1S/C18H26N2O4/c1-18(2,3)24-17(22)20-15-11-7-10-14(15)19-16(21)23-12-13-8-5-4-6-9-13/h4-6,8-9,14-15H,7,10-12H2,1-3H3,(H,19,21)(H,20,22)/t14-,15-/m0/s1. The largest absolute Gasteiger partial charge is 0.445 e. The molecule has 0 heterocycles. The highest BCUT2D eigenvalue weighted by molar-refractivity contribution is 5.70. The average Bonchev–Trinajstić information content (AvgIpc) is 2.91. The Morgan fingerprint density at radius 1 is 1.04 bits per heavy atom. The van der Waals surface area contributed by atoms with E-state index < -0.39 is 17.8 Å². The van der Waals surface area contributed by atoms with Crippen LogP contribution in [-0.2, 0) is 16.1 Å². The van der Waals surface area contributed by atoms with E-state index in [1.807, 2.05) is 51.1 Å². The van der Waals surface area contributed by atoms with Crippen LogP contribution in [0.5, 0.6) is 0 Å². The maximum Gasteiger partial charge on any atom is 0.407 e. The van der Waals surface area contributed by atoms with Crippen molar-refractivity contribution in [2.45, 2.75) is 64.3 Å². The summed E-state index contributed by atoms with van der Waals surface area (Å²) < 4.78 is 10.5. The molecule has 24 heavy (non-hydrogen) atoms. The SMILES string of the molecule is CC(C)(C)OC(=O)N[C@H]1CCC[C@@H]1NC(=O)OCc1ccccc1. The van der Waals surface area contributed by atoms with E-state index in [-0.39, 0.29) is 18.7 Å². The van der Waals surface area contributed by atoms with Crippen molar-refractivity contribution in [1.29, 1.82) is 0 Å². The van der Waals surface area contributed by atoms with Crippen LogP contribution in [0.4, 0.5) is 9.59 Å². The summed E-state index contributed by atoms with van der Waals surface area (Å²) in [5.41, 5.74) is 0.391. The average molecular weight is 334 g/mol. The molecule has 0 aliphatic heterocycles. The molecule has 2 atom stereocenters. The van der Waals surface area contributed by atoms with E-state index in [0.717, 1.165) is 24.8 Å². The van der Waals surface area contributed by atoms with E-state index in [1.54, 1.807) is 0 Å². The Morgan fingerprint density at radius 3 is 2.21 bits per heavy atom. The first-order valence-corrected chi connectivity index (χ1v) is 8.30. The number of carbonyl (C=O) groups is 2. The fourth-order valence-corrected chi connectivity index (χ4v) is 2.68. The molecule has 1 aliphatic rings. The number of hydrogen-bond donors (Lipinski definition) is 2. The first kappa shape index (κ1) is 18.1. The Balaban J connectivity index is 1.78. The molecule has 0 saturated heterocycles. The second-order valence-electron chi connectivity index (χ2n) is 7.00. The lowest BCUT2D eigenvalue weighted by molar-refractivity contribution is 0.0495. The number of nitrogens with one attached hydrogen (secondary N) is 2. The number of amides is 2. The van der Waals surface area contributed by atoms with Crippen LogP contribution in [0.1, 0.15) is 45.6 Å². The van der Waals surface area contributed by atoms with Crippen molar-refractivity contribution in [3.05, 3.63) is 35.9 Å². The third-order valence-corrected chi connectivity index (χ3v) is 3.73. The predicted molar refractivity (Wildman–Crippen MR) is 90.6 cm³/mol. The second kappa shape index (κ2) is 8.04. The Hall–Kier alpha value is -2.24. The van der Waals surface area contributed by atoms with E-state index in [0.29, 0.717) is 0 Å². The predicted octanol–water partition coefficient (Wildman–Crippen LogP) is 3.36. The molecular weight excluding hydrogens is 308 g/mol. The summed E-state index contributed by atoms with van der Waals surface area (Å²) in [4.78, 5) is 23.8. The summed E-state index contributed by atoms with van der Waals surface area (Å²) in [5, 5.41) is 5.67. The van der Waals surface area contributed by atoms with Crippen LogP contribution in [0.15, 0.2) is 30.3 Å². The minimum Gasteiger partial charge on any atom is -0.445 e. The molecule has 0 unspecified atom stereocenters. The lowest BCUT2D eigenvalue weighted by Crippen LogP contribution is -2.49. The molecule has 1 fully saturated rings. The van der Waals surface area contributed by atoms with Crippen LogP contribution < -0.4 is 10.6 Å². The molecule has 6 nitrogen and oxygen atoms in total. The van der Waals surface area contributed by atoms with Crippen molar-refractivity contribution in [3.63, 3.8) is 0 Å². The molecule has 132 valence electrons. The zero-order valence-corrected chi connectivity index (χ0v) is 14.5. The van der Waals surface area contributed by atoms with Gasteiger partial charge in [-0.3, -0.25) is 0 Å². The van der Waals surface area contributed by atoms with Crippen LogP contribution in [0.2, 0.25) is 0 Å². The Kier molecular flexibility index (Phi) is 6.06. The van der Waals surface area contributed by atoms with E-state index in [1.165, 1.54) is 0 Å². The van der Waals surface area contributed by atoms with Crippen molar-refractivity contribution in [3.8, 4) is 0 Å². The Morgan fingerprint density at radius 2 is 1.62 bits per heavy atom. The smallest absolute Gasteiger partial charge is 0.407 e. The molecule has 0 radical (unpaired) electrons. The third kappa shape index (κ3) is 6.10. The fourth-order valence-electron chi connectivity index (χ4n) is 2.68. The maximum atomic E-state index is 12.0. The van der Waals surface area contributed by atoms with E-state index in [9.17, 15) is 9.59 Å². The second-order valence-corrected chi connectivity index (χ2v) is 7.00. The van der Waals surface area contributed by atoms with Gasteiger partial charge >= 0.3 is 12.2 Å². The highest BCUT2D eigenvalue weighted by Gasteiger charge is 2.31. The number of hydrogen-bond acceptors (Lipinski definition) is 4.